The van der Waals surface area contributed by atoms with Crippen molar-refractivity contribution >= 4 is 17.4 Å². The maximum absolute atomic E-state index is 6.52. The lowest BCUT2D eigenvalue weighted by Gasteiger charge is -2.38. The summed E-state index contributed by atoms with van der Waals surface area (Å²) in [4.78, 5) is 12.9. The molecule has 0 aliphatic carbocycles. The van der Waals surface area contributed by atoms with Crippen LogP contribution in [0.25, 0.3) is 0 Å². The van der Waals surface area contributed by atoms with E-state index in [0.717, 1.165) is 37.7 Å². The third-order valence-corrected chi connectivity index (χ3v) is 4.13. The highest BCUT2D eigenvalue weighted by atomic mass is 35.5. The lowest BCUT2D eigenvalue weighted by atomic mass is 10.2. The van der Waals surface area contributed by atoms with Gasteiger partial charge in [-0.05, 0) is 6.92 Å². The topological polar surface area (TPSA) is 50.1 Å². The first-order valence-electron chi connectivity index (χ1n) is 7.01. The van der Waals surface area contributed by atoms with Crippen molar-refractivity contribution in [1.82, 2.24) is 24.6 Å². The lowest BCUT2D eigenvalue weighted by Crippen LogP contribution is -2.50. The van der Waals surface area contributed by atoms with E-state index < -0.39 is 0 Å². The molecule has 0 aromatic carbocycles. The zero-order valence-electron chi connectivity index (χ0n) is 12.3. The minimum atomic E-state index is -0.0903. The molecular formula is C14H19ClN6. The molecule has 2 aromatic heterocycles. The quantitative estimate of drug-likeness (QED) is 0.634. The number of nitrogens with zero attached hydrogens (tertiary/aromatic N) is 6. The van der Waals surface area contributed by atoms with Crippen LogP contribution in [0.4, 0.5) is 5.82 Å². The predicted molar refractivity (Wildman–Crippen MR) is 82.2 cm³/mol. The molecule has 0 radical (unpaired) electrons. The largest absolute Gasteiger partial charge is 0.336 e. The predicted octanol–water partition coefficient (Wildman–Crippen LogP) is 1.41. The van der Waals surface area contributed by atoms with Crippen LogP contribution in [-0.2, 0) is 13.6 Å². The second-order valence-electron chi connectivity index (χ2n) is 5.34. The number of anilines is 1. The molecule has 0 amide bonds. The summed E-state index contributed by atoms with van der Waals surface area (Å²) in [5, 5.41) is 4.39. The fourth-order valence-electron chi connectivity index (χ4n) is 2.68. The first-order valence-corrected chi connectivity index (χ1v) is 7.45. The van der Waals surface area contributed by atoms with Crippen molar-refractivity contribution in [3.63, 3.8) is 0 Å². The smallest absolute Gasteiger partial charge is 0.148 e. The van der Waals surface area contributed by atoms with Crippen molar-refractivity contribution < 1.29 is 0 Å². The highest BCUT2D eigenvalue weighted by Crippen LogP contribution is 2.21. The van der Waals surface area contributed by atoms with E-state index in [-0.39, 0.29) is 5.50 Å². The van der Waals surface area contributed by atoms with E-state index in [4.69, 9.17) is 11.6 Å². The zero-order valence-corrected chi connectivity index (χ0v) is 13.0. The van der Waals surface area contributed by atoms with Gasteiger partial charge in [0.1, 0.15) is 11.3 Å². The number of piperazine rings is 1. The van der Waals surface area contributed by atoms with E-state index in [0.29, 0.717) is 0 Å². The Kier molecular flexibility index (Phi) is 4.07. The highest BCUT2D eigenvalue weighted by Gasteiger charge is 2.26. The molecule has 0 bridgehead atoms. The molecule has 7 heteroatoms. The van der Waals surface area contributed by atoms with Crippen molar-refractivity contribution in [3.05, 3.63) is 36.0 Å². The van der Waals surface area contributed by atoms with Crippen LogP contribution in [0.5, 0.6) is 0 Å². The third-order valence-electron chi connectivity index (χ3n) is 3.76. The van der Waals surface area contributed by atoms with E-state index in [1.54, 1.807) is 18.6 Å². The first kappa shape index (κ1) is 14.3. The standard InChI is InChI=1S/C14H19ClN6/c1-11-12(8-19(2)18-11)9-20-5-6-21(13(15)10-20)14-7-16-3-4-17-14/h3-4,7-8,13H,5-6,9-10H2,1-2H3. The Hall–Kier alpha value is -1.66. The van der Waals surface area contributed by atoms with E-state index >= 15 is 0 Å². The monoisotopic (exact) mass is 306 g/mol. The molecule has 1 unspecified atom stereocenters. The van der Waals surface area contributed by atoms with Gasteiger partial charge >= 0.3 is 0 Å². The SMILES string of the molecule is Cc1nn(C)cc1CN1CCN(c2cnccn2)C(Cl)C1. The lowest BCUT2D eigenvalue weighted by molar-refractivity contribution is 0.238. The molecular weight excluding hydrogens is 288 g/mol. The molecule has 2 aromatic rings. The van der Waals surface area contributed by atoms with Crippen LogP contribution >= 0.6 is 11.6 Å². The average Bonchev–Trinajstić information content (AvgIpc) is 2.78. The van der Waals surface area contributed by atoms with Gasteiger partial charge in [0.2, 0.25) is 0 Å². The molecule has 1 fully saturated rings. The van der Waals surface area contributed by atoms with Gasteiger partial charge in [0.25, 0.3) is 0 Å². The Labute approximate surface area is 129 Å². The maximum atomic E-state index is 6.52. The average molecular weight is 307 g/mol. The van der Waals surface area contributed by atoms with Crippen molar-refractivity contribution in [3.8, 4) is 0 Å². The van der Waals surface area contributed by atoms with Crippen LogP contribution in [0.15, 0.2) is 24.8 Å². The highest BCUT2D eigenvalue weighted by molar-refractivity contribution is 6.22. The Morgan fingerprint density at radius 2 is 2.19 bits per heavy atom. The van der Waals surface area contributed by atoms with Gasteiger partial charge in [-0.2, -0.15) is 5.10 Å². The number of alkyl halides is 1. The number of hydrogen-bond acceptors (Lipinski definition) is 5. The Balaban J connectivity index is 1.64. The summed E-state index contributed by atoms with van der Waals surface area (Å²) in [5.74, 6) is 0.842. The van der Waals surface area contributed by atoms with Crippen LogP contribution in [0, 0.1) is 6.92 Å². The molecule has 1 aliphatic heterocycles. The summed E-state index contributed by atoms with van der Waals surface area (Å²) < 4.78 is 1.86. The molecule has 0 saturated carbocycles. The van der Waals surface area contributed by atoms with E-state index in [9.17, 15) is 0 Å². The second-order valence-corrected chi connectivity index (χ2v) is 5.84. The number of aromatic nitrogens is 4. The summed E-state index contributed by atoms with van der Waals surface area (Å²) in [6.07, 6.45) is 7.21. The summed E-state index contributed by atoms with van der Waals surface area (Å²) in [6, 6.07) is 0. The van der Waals surface area contributed by atoms with Crippen LogP contribution in [0.3, 0.4) is 0 Å². The zero-order chi connectivity index (χ0) is 14.8. The van der Waals surface area contributed by atoms with Crippen molar-refractivity contribution in [2.24, 2.45) is 7.05 Å². The fraction of sp³-hybridized carbons (Fsp3) is 0.500. The molecule has 1 aliphatic rings. The summed E-state index contributed by atoms with van der Waals surface area (Å²) in [7, 11) is 1.95. The van der Waals surface area contributed by atoms with Gasteiger partial charge in [-0.1, -0.05) is 11.6 Å². The molecule has 1 saturated heterocycles. The Morgan fingerprint density at radius 3 is 2.81 bits per heavy atom. The minimum Gasteiger partial charge on any atom is -0.336 e. The van der Waals surface area contributed by atoms with Gasteiger partial charge in [-0.3, -0.25) is 14.6 Å². The van der Waals surface area contributed by atoms with E-state index in [1.807, 2.05) is 18.7 Å². The van der Waals surface area contributed by atoms with Gasteiger partial charge in [-0.25, -0.2) is 4.98 Å². The molecule has 0 spiro atoms. The third kappa shape index (κ3) is 3.16. The normalized spacial score (nSPS) is 20.0. The van der Waals surface area contributed by atoms with Gasteiger partial charge in [0.15, 0.2) is 0 Å². The molecule has 1 atom stereocenters. The summed E-state index contributed by atoms with van der Waals surface area (Å²) in [5.41, 5.74) is 2.25. The molecule has 3 rings (SSSR count). The fourth-order valence-corrected chi connectivity index (χ4v) is 3.07. The molecule has 6 nitrogen and oxygen atoms in total. The van der Waals surface area contributed by atoms with Gasteiger partial charge < -0.3 is 4.90 Å². The maximum Gasteiger partial charge on any atom is 0.148 e. The van der Waals surface area contributed by atoms with Gasteiger partial charge in [0.05, 0.1) is 11.9 Å². The van der Waals surface area contributed by atoms with Crippen molar-refractivity contribution in [1.29, 1.82) is 0 Å². The minimum absolute atomic E-state index is 0.0903. The van der Waals surface area contributed by atoms with Gasteiger partial charge in [-0.15, -0.1) is 0 Å². The number of rotatable bonds is 3. The first-order chi connectivity index (χ1) is 10.1. The number of aryl methyl sites for hydroxylation is 2. The van der Waals surface area contributed by atoms with E-state index in [1.165, 1.54) is 5.56 Å². The summed E-state index contributed by atoms with van der Waals surface area (Å²) >= 11 is 6.52. The van der Waals surface area contributed by atoms with Crippen molar-refractivity contribution in [2.45, 2.75) is 19.0 Å². The molecule has 0 N–H and O–H groups in total. The Morgan fingerprint density at radius 1 is 1.33 bits per heavy atom. The Bertz CT molecular complexity index is 599. The number of halogens is 1. The molecule has 21 heavy (non-hydrogen) atoms. The van der Waals surface area contributed by atoms with E-state index in [2.05, 4.69) is 31.1 Å². The van der Waals surface area contributed by atoms with Crippen LogP contribution in [0.2, 0.25) is 0 Å². The summed E-state index contributed by atoms with van der Waals surface area (Å²) in [6.45, 7) is 5.54. The van der Waals surface area contributed by atoms with Crippen LogP contribution in [0.1, 0.15) is 11.3 Å². The molecule has 112 valence electrons. The van der Waals surface area contributed by atoms with Crippen LogP contribution < -0.4 is 4.90 Å². The van der Waals surface area contributed by atoms with Gasteiger partial charge in [0, 0.05) is 57.4 Å². The van der Waals surface area contributed by atoms with Crippen molar-refractivity contribution in [2.75, 3.05) is 24.5 Å². The second kappa shape index (κ2) is 5.99. The number of hydrogen-bond donors (Lipinski definition) is 0. The molecule has 3 heterocycles. The van der Waals surface area contributed by atoms with Crippen LogP contribution in [-0.4, -0.2) is 49.8 Å².